The molecule has 0 fully saturated rings. The summed E-state index contributed by atoms with van der Waals surface area (Å²) < 4.78 is 46.5. The van der Waals surface area contributed by atoms with E-state index in [9.17, 15) is 0 Å². The van der Waals surface area contributed by atoms with Gasteiger partial charge in [-0.1, -0.05) is 0 Å². The lowest BCUT2D eigenvalue weighted by Crippen LogP contribution is -2.46. The van der Waals surface area contributed by atoms with Crippen LogP contribution in [-0.2, 0) is 36.0 Å². The van der Waals surface area contributed by atoms with Crippen LogP contribution >= 0.6 is 0 Å². The largest absolute Gasteiger partial charge is 0.501 e. The van der Waals surface area contributed by atoms with Gasteiger partial charge in [0, 0.05) is 64.9 Å². The van der Waals surface area contributed by atoms with E-state index < -0.39 is 17.6 Å². The lowest BCUT2D eigenvalue weighted by Gasteiger charge is -2.28. The number of hydrogen-bond donors (Lipinski definition) is 0. The van der Waals surface area contributed by atoms with Crippen LogP contribution in [0.4, 0.5) is 0 Å². The third kappa shape index (κ3) is 13.5. The van der Waals surface area contributed by atoms with Gasteiger partial charge in [0.2, 0.25) is 0 Å². The topological polar surface area (TPSA) is 73.8 Å². The van der Waals surface area contributed by atoms with Crippen molar-refractivity contribution in [3.63, 3.8) is 0 Å². The molecule has 0 spiro atoms. The van der Waals surface area contributed by atoms with Gasteiger partial charge in [-0.15, -0.1) is 0 Å². The lowest BCUT2D eigenvalue weighted by molar-refractivity contribution is 0.0383. The van der Waals surface area contributed by atoms with Gasteiger partial charge in [-0.3, -0.25) is 0 Å². The molecule has 0 N–H and O–H groups in total. The molecular weight excluding hydrogens is 424 g/mol. The fraction of sp³-hybridized carbons (Fsp3) is 1.00. The molecule has 0 heterocycles. The van der Waals surface area contributed by atoms with Crippen molar-refractivity contribution in [2.75, 3.05) is 66.1 Å². The third-order valence-electron chi connectivity index (χ3n) is 4.10. The summed E-state index contributed by atoms with van der Waals surface area (Å²) in [5, 5.41) is 0. The van der Waals surface area contributed by atoms with Gasteiger partial charge >= 0.3 is 17.6 Å². The molecule has 0 aliphatic rings. The highest BCUT2D eigenvalue weighted by Gasteiger charge is 2.40. The highest BCUT2D eigenvalue weighted by molar-refractivity contribution is 6.61. The minimum absolute atomic E-state index is 0.567. The lowest BCUT2D eigenvalue weighted by atomic mass is 10.5. The minimum atomic E-state index is -2.56. The van der Waals surface area contributed by atoms with E-state index >= 15 is 0 Å². The van der Waals surface area contributed by atoms with Crippen LogP contribution in [0.1, 0.15) is 54.4 Å². The van der Waals surface area contributed by atoms with Crippen LogP contribution in [0.3, 0.4) is 0 Å². The van der Waals surface area contributed by atoms with Crippen LogP contribution in [-0.4, -0.2) is 83.7 Å². The highest BCUT2D eigenvalue weighted by atomic mass is 28.4. The normalized spacial score (nSPS) is 12.6. The van der Waals surface area contributed by atoms with Crippen LogP contribution < -0.4 is 0 Å². The van der Waals surface area contributed by atoms with E-state index in [4.69, 9.17) is 36.0 Å². The second kappa shape index (κ2) is 19.8. The van der Waals surface area contributed by atoms with E-state index in [0.717, 1.165) is 24.9 Å². The Morgan fingerprint density at radius 2 is 0.667 bits per heavy atom. The first kappa shape index (κ1) is 30.1. The average molecular weight is 471 g/mol. The highest BCUT2D eigenvalue weighted by Crippen LogP contribution is 2.19. The standard InChI is InChI=1S/C20H46O8Si2/c1-7-23-29(24-8-2,25-9-3)19-13-15-21-17-18-22-16-14-20-30(26-10-4,27-11-5)28-12-6/h7-20H2,1-6H3. The smallest absolute Gasteiger partial charge is 0.379 e. The maximum Gasteiger partial charge on any atom is 0.501 e. The molecule has 0 aromatic carbocycles. The van der Waals surface area contributed by atoms with Crippen LogP contribution in [0.15, 0.2) is 0 Å². The summed E-state index contributed by atoms with van der Waals surface area (Å²) in [5.41, 5.74) is 0. The summed E-state index contributed by atoms with van der Waals surface area (Å²) in [6, 6.07) is 1.53. The van der Waals surface area contributed by atoms with Gasteiger partial charge in [0.1, 0.15) is 0 Å². The van der Waals surface area contributed by atoms with Crippen LogP contribution in [0, 0.1) is 0 Å². The summed E-state index contributed by atoms with van der Waals surface area (Å²) in [6.45, 7) is 17.8. The Labute approximate surface area is 186 Å². The maximum absolute atomic E-state index is 5.85. The Bertz CT molecular complexity index is 309. The molecule has 10 heteroatoms. The summed E-state index contributed by atoms with van der Waals surface area (Å²) in [5.74, 6) is 0. The predicted molar refractivity (Wildman–Crippen MR) is 122 cm³/mol. The zero-order valence-corrected chi connectivity index (χ0v) is 22.2. The minimum Gasteiger partial charge on any atom is -0.379 e. The molecule has 8 nitrogen and oxygen atoms in total. The Kier molecular flexibility index (Phi) is 19.8. The predicted octanol–water partition coefficient (Wildman–Crippen LogP) is 3.90. The Morgan fingerprint density at radius 1 is 0.400 bits per heavy atom. The zero-order chi connectivity index (χ0) is 22.6. The number of rotatable bonds is 23. The van der Waals surface area contributed by atoms with E-state index in [1.165, 1.54) is 0 Å². The second-order valence-electron chi connectivity index (χ2n) is 6.40. The first-order chi connectivity index (χ1) is 14.6. The van der Waals surface area contributed by atoms with Crippen molar-refractivity contribution < 1.29 is 36.0 Å². The average Bonchev–Trinajstić information content (AvgIpc) is 2.70. The fourth-order valence-corrected chi connectivity index (χ4v) is 8.27. The van der Waals surface area contributed by atoms with Crippen molar-refractivity contribution >= 4 is 17.6 Å². The Balaban J connectivity index is 3.97. The first-order valence-corrected chi connectivity index (χ1v) is 15.4. The van der Waals surface area contributed by atoms with Gasteiger partial charge in [0.05, 0.1) is 13.2 Å². The quantitative estimate of drug-likeness (QED) is 0.164. The van der Waals surface area contributed by atoms with Gasteiger partial charge in [0.15, 0.2) is 0 Å². The molecule has 0 rings (SSSR count). The molecule has 0 aliphatic carbocycles. The maximum atomic E-state index is 5.85. The second-order valence-corrected chi connectivity index (χ2v) is 11.9. The first-order valence-electron chi connectivity index (χ1n) is 11.6. The van der Waals surface area contributed by atoms with Crippen molar-refractivity contribution in [3.8, 4) is 0 Å². The summed E-state index contributed by atoms with van der Waals surface area (Å²) >= 11 is 0. The SMILES string of the molecule is CCO[Si](CCCOCCOCCC[Si](OCC)(OCC)OCC)(OCC)OCC. The fourth-order valence-electron chi connectivity index (χ4n) is 3.11. The van der Waals surface area contributed by atoms with Gasteiger partial charge in [-0.25, -0.2) is 0 Å². The summed E-state index contributed by atoms with van der Waals surface area (Å²) in [7, 11) is -5.13. The molecule has 0 bridgehead atoms. The molecule has 0 radical (unpaired) electrons. The summed E-state index contributed by atoms with van der Waals surface area (Å²) in [4.78, 5) is 0. The molecule has 0 aromatic rings. The van der Waals surface area contributed by atoms with Gasteiger partial charge < -0.3 is 36.0 Å². The van der Waals surface area contributed by atoms with Crippen LogP contribution in [0.2, 0.25) is 12.1 Å². The molecular formula is C20H46O8Si2. The third-order valence-corrected chi connectivity index (χ3v) is 10.4. The van der Waals surface area contributed by atoms with Crippen molar-refractivity contribution in [2.45, 2.75) is 66.5 Å². The van der Waals surface area contributed by atoms with E-state index in [-0.39, 0.29) is 0 Å². The van der Waals surface area contributed by atoms with Crippen molar-refractivity contribution in [1.29, 1.82) is 0 Å². The Hall–Kier alpha value is 0.114. The van der Waals surface area contributed by atoms with Crippen molar-refractivity contribution in [1.82, 2.24) is 0 Å². The van der Waals surface area contributed by atoms with E-state index in [2.05, 4.69) is 0 Å². The van der Waals surface area contributed by atoms with Crippen LogP contribution in [0.25, 0.3) is 0 Å². The zero-order valence-electron chi connectivity index (χ0n) is 20.2. The number of hydrogen-bond acceptors (Lipinski definition) is 8. The molecule has 0 aromatic heterocycles. The van der Waals surface area contributed by atoms with Gasteiger partial charge in [-0.05, 0) is 54.4 Å². The molecule has 0 amide bonds. The molecule has 30 heavy (non-hydrogen) atoms. The van der Waals surface area contributed by atoms with Crippen molar-refractivity contribution in [2.24, 2.45) is 0 Å². The molecule has 0 atom stereocenters. The Morgan fingerprint density at radius 3 is 0.900 bits per heavy atom. The van der Waals surface area contributed by atoms with E-state index in [0.29, 0.717) is 66.1 Å². The monoisotopic (exact) mass is 470 g/mol. The van der Waals surface area contributed by atoms with E-state index in [1.54, 1.807) is 0 Å². The molecule has 182 valence electrons. The van der Waals surface area contributed by atoms with Crippen molar-refractivity contribution in [3.05, 3.63) is 0 Å². The van der Waals surface area contributed by atoms with Gasteiger partial charge in [-0.2, -0.15) is 0 Å². The summed E-state index contributed by atoms with van der Waals surface area (Å²) in [6.07, 6.45) is 1.69. The molecule has 0 saturated carbocycles. The number of ether oxygens (including phenoxy) is 2. The molecule has 0 saturated heterocycles. The molecule has 0 aliphatic heterocycles. The molecule has 0 unspecified atom stereocenters. The van der Waals surface area contributed by atoms with E-state index in [1.807, 2.05) is 41.5 Å². The van der Waals surface area contributed by atoms with Gasteiger partial charge in [0.25, 0.3) is 0 Å². The van der Waals surface area contributed by atoms with Crippen LogP contribution in [0.5, 0.6) is 0 Å².